The second kappa shape index (κ2) is 7.49. The van der Waals surface area contributed by atoms with Crippen LogP contribution in [0, 0.1) is 0 Å². The lowest BCUT2D eigenvalue weighted by atomic mass is 10.3. The van der Waals surface area contributed by atoms with Crippen LogP contribution in [-0.2, 0) is 0 Å². The van der Waals surface area contributed by atoms with Gasteiger partial charge >= 0.3 is 0 Å². The van der Waals surface area contributed by atoms with Gasteiger partial charge in [-0.2, -0.15) is 0 Å². The van der Waals surface area contributed by atoms with Crippen LogP contribution in [0.4, 0.5) is 0 Å². The van der Waals surface area contributed by atoms with E-state index in [0.717, 1.165) is 18.7 Å². The zero-order chi connectivity index (χ0) is 11.8. The van der Waals surface area contributed by atoms with Crippen LogP contribution in [0.25, 0.3) is 0 Å². The van der Waals surface area contributed by atoms with Crippen molar-refractivity contribution in [2.75, 3.05) is 19.7 Å². The van der Waals surface area contributed by atoms with Crippen molar-refractivity contribution in [2.45, 2.75) is 19.4 Å². The molecule has 16 heavy (non-hydrogen) atoms. The van der Waals surface area contributed by atoms with E-state index in [1.807, 2.05) is 24.3 Å². The van der Waals surface area contributed by atoms with Gasteiger partial charge in [0.15, 0.2) is 0 Å². The van der Waals surface area contributed by atoms with E-state index >= 15 is 0 Å². The van der Waals surface area contributed by atoms with E-state index < -0.39 is 0 Å². The third kappa shape index (κ3) is 5.95. The first-order valence-corrected chi connectivity index (χ1v) is 5.83. The van der Waals surface area contributed by atoms with Crippen LogP contribution in [0.5, 0.6) is 5.75 Å². The zero-order valence-corrected chi connectivity index (χ0v) is 10.2. The second-order valence-corrected chi connectivity index (χ2v) is 4.15. The highest BCUT2D eigenvalue weighted by atomic mass is 35.5. The molecule has 1 unspecified atom stereocenters. The molecule has 0 radical (unpaired) electrons. The van der Waals surface area contributed by atoms with Crippen molar-refractivity contribution in [3.8, 4) is 5.75 Å². The summed E-state index contributed by atoms with van der Waals surface area (Å²) in [6.07, 6.45) is 0.618. The second-order valence-electron chi connectivity index (χ2n) is 3.71. The van der Waals surface area contributed by atoms with Gasteiger partial charge in [0.25, 0.3) is 0 Å². The number of aliphatic hydroxyl groups excluding tert-OH is 1. The summed E-state index contributed by atoms with van der Waals surface area (Å²) in [7, 11) is 0. The highest BCUT2D eigenvalue weighted by molar-refractivity contribution is 6.30. The highest BCUT2D eigenvalue weighted by Gasteiger charge is 1.95. The van der Waals surface area contributed by atoms with E-state index in [0.29, 0.717) is 18.2 Å². The van der Waals surface area contributed by atoms with E-state index in [4.69, 9.17) is 21.4 Å². The SMILES string of the molecule is CC(O)CNCCCOc1ccc(Cl)cc1. The minimum atomic E-state index is -0.294. The molecule has 1 atom stereocenters. The molecule has 1 aromatic rings. The fourth-order valence-corrected chi connectivity index (χ4v) is 1.35. The molecular weight excluding hydrogens is 226 g/mol. The van der Waals surface area contributed by atoms with Gasteiger partial charge in [0, 0.05) is 11.6 Å². The fourth-order valence-electron chi connectivity index (χ4n) is 1.23. The van der Waals surface area contributed by atoms with Crippen LogP contribution in [0.15, 0.2) is 24.3 Å². The van der Waals surface area contributed by atoms with Gasteiger partial charge in [0.2, 0.25) is 0 Å². The van der Waals surface area contributed by atoms with Gasteiger partial charge in [0.05, 0.1) is 12.7 Å². The molecule has 2 N–H and O–H groups in total. The lowest BCUT2D eigenvalue weighted by Crippen LogP contribution is -2.26. The summed E-state index contributed by atoms with van der Waals surface area (Å²) in [5, 5.41) is 12.8. The topological polar surface area (TPSA) is 41.5 Å². The minimum absolute atomic E-state index is 0.294. The molecule has 0 saturated carbocycles. The average molecular weight is 244 g/mol. The standard InChI is InChI=1S/C12H18ClNO2/c1-10(15)9-14-7-2-8-16-12-5-3-11(13)4-6-12/h3-6,10,14-15H,2,7-9H2,1H3. The van der Waals surface area contributed by atoms with Crippen LogP contribution in [0.2, 0.25) is 5.02 Å². The van der Waals surface area contributed by atoms with Crippen molar-refractivity contribution in [3.05, 3.63) is 29.3 Å². The molecule has 0 bridgehead atoms. The summed E-state index contributed by atoms with van der Waals surface area (Å²) in [5.74, 6) is 0.833. The Balaban J connectivity index is 2.05. The van der Waals surface area contributed by atoms with Gasteiger partial charge in [-0.25, -0.2) is 0 Å². The van der Waals surface area contributed by atoms with Gasteiger partial charge in [-0.15, -0.1) is 0 Å². The smallest absolute Gasteiger partial charge is 0.119 e. The summed E-state index contributed by atoms with van der Waals surface area (Å²) in [6.45, 7) is 3.89. The number of benzene rings is 1. The van der Waals surface area contributed by atoms with Crippen molar-refractivity contribution in [3.63, 3.8) is 0 Å². The van der Waals surface area contributed by atoms with Crippen LogP contribution < -0.4 is 10.1 Å². The molecule has 0 heterocycles. The number of rotatable bonds is 7. The van der Waals surface area contributed by atoms with Gasteiger partial charge in [-0.05, 0) is 44.2 Å². The Kier molecular flexibility index (Phi) is 6.23. The maximum Gasteiger partial charge on any atom is 0.119 e. The highest BCUT2D eigenvalue weighted by Crippen LogP contribution is 2.15. The Bertz CT molecular complexity index is 288. The molecule has 90 valence electrons. The van der Waals surface area contributed by atoms with E-state index in [1.54, 1.807) is 6.92 Å². The summed E-state index contributed by atoms with van der Waals surface area (Å²) in [4.78, 5) is 0. The Morgan fingerprint density at radius 2 is 2.06 bits per heavy atom. The van der Waals surface area contributed by atoms with Crippen LogP contribution in [0.1, 0.15) is 13.3 Å². The molecule has 3 nitrogen and oxygen atoms in total. The maximum absolute atomic E-state index is 9.01. The van der Waals surface area contributed by atoms with Gasteiger partial charge in [-0.3, -0.25) is 0 Å². The molecule has 0 aromatic heterocycles. The molecule has 0 aliphatic heterocycles. The van der Waals surface area contributed by atoms with E-state index in [-0.39, 0.29) is 6.10 Å². The molecule has 1 aromatic carbocycles. The van der Waals surface area contributed by atoms with E-state index in [1.165, 1.54) is 0 Å². The molecule has 1 rings (SSSR count). The number of hydrogen-bond acceptors (Lipinski definition) is 3. The van der Waals surface area contributed by atoms with Gasteiger partial charge in [-0.1, -0.05) is 11.6 Å². The zero-order valence-electron chi connectivity index (χ0n) is 9.45. The number of ether oxygens (including phenoxy) is 1. The van der Waals surface area contributed by atoms with Gasteiger partial charge < -0.3 is 15.2 Å². The Morgan fingerprint density at radius 1 is 1.38 bits per heavy atom. The van der Waals surface area contributed by atoms with E-state index in [2.05, 4.69) is 5.32 Å². The molecule has 0 saturated heterocycles. The minimum Gasteiger partial charge on any atom is -0.494 e. The van der Waals surface area contributed by atoms with Crippen molar-refractivity contribution in [1.82, 2.24) is 5.32 Å². The molecule has 0 amide bonds. The lowest BCUT2D eigenvalue weighted by Gasteiger charge is -2.08. The number of aliphatic hydroxyl groups is 1. The first-order valence-electron chi connectivity index (χ1n) is 5.45. The molecular formula is C12H18ClNO2. The first kappa shape index (κ1) is 13.3. The Hall–Kier alpha value is -0.770. The summed E-state index contributed by atoms with van der Waals surface area (Å²) in [5.41, 5.74) is 0. The number of hydrogen-bond donors (Lipinski definition) is 2. The molecule has 4 heteroatoms. The fraction of sp³-hybridized carbons (Fsp3) is 0.500. The molecule has 0 aliphatic carbocycles. The predicted octanol–water partition coefficient (Wildman–Crippen LogP) is 2.08. The largest absolute Gasteiger partial charge is 0.494 e. The predicted molar refractivity (Wildman–Crippen MR) is 66.1 cm³/mol. The van der Waals surface area contributed by atoms with Crippen LogP contribution in [-0.4, -0.2) is 30.9 Å². The third-order valence-electron chi connectivity index (χ3n) is 2.02. The summed E-state index contributed by atoms with van der Waals surface area (Å²) in [6, 6.07) is 7.32. The number of nitrogens with one attached hydrogen (secondary N) is 1. The summed E-state index contributed by atoms with van der Waals surface area (Å²) < 4.78 is 5.51. The van der Waals surface area contributed by atoms with Crippen LogP contribution in [0.3, 0.4) is 0 Å². The van der Waals surface area contributed by atoms with Crippen LogP contribution >= 0.6 is 11.6 Å². The Labute approximate surface area is 101 Å². The molecule has 0 spiro atoms. The van der Waals surface area contributed by atoms with Crippen molar-refractivity contribution in [1.29, 1.82) is 0 Å². The summed E-state index contributed by atoms with van der Waals surface area (Å²) >= 11 is 5.75. The van der Waals surface area contributed by atoms with Crippen molar-refractivity contribution >= 4 is 11.6 Å². The Morgan fingerprint density at radius 3 is 2.69 bits per heavy atom. The van der Waals surface area contributed by atoms with Crippen molar-refractivity contribution < 1.29 is 9.84 Å². The van der Waals surface area contributed by atoms with E-state index in [9.17, 15) is 0 Å². The number of halogens is 1. The molecule has 0 fully saturated rings. The maximum atomic E-state index is 9.01. The normalized spacial score (nSPS) is 12.4. The average Bonchev–Trinajstić information content (AvgIpc) is 2.25. The third-order valence-corrected chi connectivity index (χ3v) is 2.27. The van der Waals surface area contributed by atoms with Crippen molar-refractivity contribution in [2.24, 2.45) is 0 Å². The quantitative estimate of drug-likeness (QED) is 0.721. The lowest BCUT2D eigenvalue weighted by molar-refractivity contribution is 0.190. The van der Waals surface area contributed by atoms with Gasteiger partial charge in [0.1, 0.15) is 5.75 Å². The monoisotopic (exact) mass is 243 g/mol. The first-order chi connectivity index (χ1) is 7.68. The molecule has 0 aliphatic rings.